The maximum atomic E-state index is 5.85. The zero-order valence-corrected chi connectivity index (χ0v) is 7.27. The summed E-state index contributed by atoms with van der Waals surface area (Å²) in [5.74, 6) is 1.09. The Labute approximate surface area is 71.8 Å². The van der Waals surface area contributed by atoms with Crippen LogP contribution in [0.4, 0.5) is 0 Å². The summed E-state index contributed by atoms with van der Waals surface area (Å²) in [6.07, 6.45) is 4.98. The van der Waals surface area contributed by atoms with Crippen LogP contribution in [0.2, 0.25) is 0 Å². The number of aryl methyl sites for hydroxylation is 1. The normalized spacial score (nSPS) is 25.0. The molecule has 0 fully saturated rings. The second-order valence-electron chi connectivity index (χ2n) is 3.44. The summed E-state index contributed by atoms with van der Waals surface area (Å²) in [5.41, 5.74) is 5.85. The average Bonchev–Trinajstić information content (AvgIpc) is 2.49. The lowest BCUT2D eigenvalue weighted by Gasteiger charge is -2.26. The number of hydrogen-bond donors (Lipinski definition) is 1. The summed E-state index contributed by atoms with van der Waals surface area (Å²) in [7, 11) is 0. The van der Waals surface area contributed by atoms with Crippen molar-refractivity contribution in [1.82, 2.24) is 14.8 Å². The fourth-order valence-electron chi connectivity index (χ4n) is 1.81. The van der Waals surface area contributed by atoms with Crippen LogP contribution in [0.1, 0.15) is 31.6 Å². The third-order valence-electron chi connectivity index (χ3n) is 2.47. The van der Waals surface area contributed by atoms with Gasteiger partial charge in [-0.05, 0) is 19.8 Å². The molecule has 2 atom stereocenters. The second kappa shape index (κ2) is 2.86. The number of aromatic nitrogens is 3. The Hall–Kier alpha value is -0.900. The van der Waals surface area contributed by atoms with Gasteiger partial charge in [-0.25, -0.2) is 9.67 Å². The van der Waals surface area contributed by atoms with E-state index in [0.29, 0.717) is 6.04 Å². The first-order chi connectivity index (χ1) is 5.79. The van der Waals surface area contributed by atoms with Crippen molar-refractivity contribution in [2.24, 2.45) is 5.73 Å². The monoisotopic (exact) mass is 166 g/mol. The Kier molecular flexibility index (Phi) is 1.84. The Balaban J connectivity index is 2.31. The van der Waals surface area contributed by atoms with Gasteiger partial charge in [0, 0.05) is 12.5 Å². The molecule has 0 saturated heterocycles. The van der Waals surface area contributed by atoms with E-state index in [1.54, 1.807) is 6.33 Å². The van der Waals surface area contributed by atoms with Gasteiger partial charge in [0.05, 0.1) is 6.04 Å². The van der Waals surface area contributed by atoms with Gasteiger partial charge in [0.25, 0.3) is 0 Å². The lowest BCUT2D eigenvalue weighted by Crippen LogP contribution is -2.33. The maximum Gasteiger partial charge on any atom is 0.138 e. The quantitative estimate of drug-likeness (QED) is 0.661. The highest BCUT2D eigenvalue weighted by Gasteiger charge is 2.23. The zero-order chi connectivity index (χ0) is 8.55. The summed E-state index contributed by atoms with van der Waals surface area (Å²) in [6.45, 7) is 2.03. The number of nitrogens with two attached hydrogens (primary N) is 1. The topological polar surface area (TPSA) is 56.7 Å². The van der Waals surface area contributed by atoms with Crippen LogP contribution in [-0.4, -0.2) is 20.8 Å². The van der Waals surface area contributed by atoms with Gasteiger partial charge in [0.1, 0.15) is 12.2 Å². The maximum absolute atomic E-state index is 5.85. The average molecular weight is 166 g/mol. The summed E-state index contributed by atoms with van der Waals surface area (Å²) >= 11 is 0. The molecule has 2 unspecified atom stereocenters. The smallest absolute Gasteiger partial charge is 0.138 e. The van der Waals surface area contributed by atoms with Gasteiger partial charge in [0.2, 0.25) is 0 Å². The van der Waals surface area contributed by atoms with E-state index in [-0.39, 0.29) is 6.04 Å². The molecule has 2 rings (SSSR count). The molecule has 0 aromatic carbocycles. The zero-order valence-electron chi connectivity index (χ0n) is 7.27. The Morgan fingerprint density at radius 2 is 2.58 bits per heavy atom. The summed E-state index contributed by atoms with van der Waals surface area (Å²) < 4.78 is 1.98. The van der Waals surface area contributed by atoms with Crippen molar-refractivity contribution >= 4 is 0 Å². The lowest BCUT2D eigenvalue weighted by molar-refractivity contribution is 0.320. The fourth-order valence-corrected chi connectivity index (χ4v) is 1.81. The van der Waals surface area contributed by atoms with Crippen molar-refractivity contribution in [2.75, 3.05) is 0 Å². The van der Waals surface area contributed by atoms with Crippen molar-refractivity contribution in [1.29, 1.82) is 0 Å². The van der Waals surface area contributed by atoms with Crippen LogP contribution in [-0.2, 0) is 6.42 Å². The minimum atomic E-state index is 0.172. The predicted octanol–water partition coefficient (Wildman–Crippen LogP) is 0.503. The third-order valence-corrected chi connectivity index (χ3v) is 2.47. The Morgan fingerprint density at radius 1 is 1.75 bits per heavy atom. The van der Waals surface area contributed by atoms with Crippen molar-refractivity contribution in [3.8, 4) is 0 Å². The fraction of sp³-hybridized carbons (Fsp3) is 0.750. The molecule has 0 bridgehead atoms. The number of rotatable bonds is 1. The molecular formula is C8H14N4. The number of hydrogen-bond acceptors (Lipinski definition) is 3. The van der Waals surface area contributed by atoms with Crippen molar-refractivity contribution in [3.05, 3.63) is 12.2 Å². The standard InChI is InChI=1S/C8H14N4/c1-6(9)7-3-2-4-8-10-5-11-12(7)8/h5-7H,2-4,9H2,1H3. The van der Waals surface area contributed by atoms with Crippen LogP contribution in [0, 0.1) is 0 Å². The summed E-state index contributed by atoms with van der Waals surface area (Å²) in [5, 5.41) is 4.19. The van der Waals surface area contributed by atoms with Gasteiger partial charge in [-0.3, -0.25) is 0 Å². The van der Waals surface area contributed by atoms with Gasteiger partial charge in [-0.1, -0.05) is 0 Å². The van der Waals surface area contributed by atoms with Crippen molar-refractivity contribution < 1.29 is 0 Å². The SMILES string of the molecule is CC(N)C1CCCc2ncnn21. The molecule has 2 N–H and O–H groups in total. The molecule has 1 aliphatic rings. The van der Waals surface area contributed by atoms with Crippen molar-refractivity contribution in [2.45, 2.75) is 38.3 Å². The Morgan fingerprint density at radius 3 is 3.33 bits per heavy atom. The number of fused-ring (bicyclic) bond motifs is 1. The van der Waals surface area contributed by atoms with Crippen LogP contribution in [0.25, 0.3) is 0 Å². The highest BCUT2D eigenvalue weighted by molar-refractivity contribution is 4.94. The molecule has 12 heavy (non-hydrogen) atoms. The molecule has 4 nitrogen and oxygen atoms in total. The summed E-state index contributed by atoms with van der Waals surface area (Å²) in [6, 6.07) is 0.530. The molecule has 1 aromatic heterocycles. The molecule has 1 aromatic rings. The Bertz CT molecular complexity index is 266. The van der Waals surface area contributed by atoms with E-state index in [9.17, 15) is 0 Å². The molecule has 1 aliphatic heterocycles. The van der Waals surface area contributed by atoms with Gasteiger partial charge in [-0.2, -0.15) is 5.10 Å². The van der Waals surface area contributed by atoms with Gasteiger partial charge < -0.3 is 5.73 Å². The first-order valence-corrected chi connectivity index (χ1v) is 4.43. The molecule has 4 heteroatoms. The van der Waals surface area contributed by atoms with E-state index in [0.717, 1.165) is 18.7 Å². The molecule has 0 aliphatic carbocycles. The predicted molar refractivity (Wildman–Crippen MR) is 45.6 cm³/mol. The second-order valence-corrected chi connectivity index (χ2v) is 3.44. The van der Waals surface area contributed by atoms with E-state index in [4.69, 9.17) is 5.73 Å². The lowest BCUT2D eigenvalue weighted by atomic mass is 10.00. The highest BCUT2D eigenvalue weighted by Crippen LogP contribution is 2.23. The number of nitrogens with zero attached hydrogens (tertiary/aromatic N) is 3. The van der Waals surface area contributed by atoms with E-state index < -0.39 is 0 Å². The molecule has 0 radical (unpaired) electrons. The molecule has 2 heterocycles. The van der Waals surface area contributed by atoms with Gasteiger partial charge in [0.15, 0.2) is 0 Å². The van der Waals surface area contributed by atoms with E-state index in [1.807, 2.05) is 11.6 Å². The van der Waals surface area contributed by atoms with Crippen LogP contribution in [0.3, 0.4) is 0 Å². The minimum absolute atomic E-state index is 0.172. The molecular weight excluding hydrogens is 152 g/mol. The van der Waals surface area contributed by atoms with Crippen LogP contribution in [0.15, 0.2) is 6.33 Å². The van der Waals surface area contributed by atoms with E-state index in [1.165, 1.54) is 6.42 Å². The first-order valence-electron chi connectivity index (χ1n) is 4.43. The largest absolute Gasteiger partial charge is 0.326 e. The molecule has 0 spiro atoms. The molecule has 66 valence electrons. The summed E-state index contributed by atoms with van der Waals surface area (Å²) in [4.78, 5) is 4.19. The van der Waals surface area contributed by atoms with Crippen LogP contribution >= 0.6 is 0 Å². The van der Waals surface area contributed by atoms with E-state index in [2.05, 4.69) is 10.1 Å². The first kappa shape index (κ1) is 7.73. The van der Waals surface area contributed by atoms with Gasteiger partial charge >= 0.3 is 0 Å². The van der Waals surface area contributed by atoms with Gasteiger partial charge in [-0.15, -0.1) is 0 Å². The third kappa shape index (κ3) is 1.12. The van der Waals surface area contributed by atoms with Crippen LogP contribution < -0.4 is 5.73 Å². The van der Waals surface area contributed by atoms with Crippen molar-refractivity contribution in [3.63, 3.8) is 0 Å². The molecule has 0 amide bonds. The molecule has 0 saturated carbocycles. The minimum Gasteiger partial charge on any atom is -0.326 e. The van der Waals surface area contributed by atoms with E-state index >= 15 is 0 Å². The van der Waals surface area contributed by atoms with Crippen LogP contribution in [0.5, 0.6) is 0 Å². The highest BCUT2D eigenvalue weighted by atomic mass is 15.4.